The van der Waals surface area contributed by atoms with Crippen molar-refractivity contribution in [2.24, 2.45) is 0 Å². The number of aromatic nitrogens is 4. The monoisotopic (exact) mass is 257 g/mol. The number of nitrogens with one attached hydrogen (secondary N) is 1. The molecule has 1 N–H and O–H groups in total. The number of pyridine rings is 1. The zero-order chi connectivity index (χ0) is 13.5. The van der Waals surface area contributed by atoms with Gasteiger partial charge in [-0.3, -0.25) is 4.98 Å². The molecule has 0 saturated heterocycles. The first-order chi connectivity index (χ1) is 9.33. The van der Waals surface area contributed by atoms with Crippen molar-refractivity contribution < 1.29 is 0 Å². The first-order valence-corrected chi connectivity index (χ1v) is 6.69. The highest BCUT2D eigenvalue weighted by molar-refractivity contribution is 5.26. The Morgan fingerprint density at radius 1 is 1.05 bits per heavy atom. The Balaban J connectivity index is 1.93. The van der Waals surface area contributed by atoms with Gasteiger partial charge in [-0.2, -0.15) is 5.10 Å². The number of aryl methyl sites for hydroxylation is 2. The van der Waals surface area contributed by atoms with Crippen molar-refractivity contribution >= 4 is 5.95 Å². The van der Waals surface area contributed by atoms with E-state index in [1.54, 1.807) is 6.20 Å². The third-order valence-corrected chi connectivity index (χ3v) is 2.90. The van der Waals surface area contributed by atoms with Gasteiger partial charge in [0.2, 0.25) is 5.95 Å². The summed E-state index contributed by atoms with van der Waals surface area (Å²) in [5, 5.41) is 11.5. The van der Waals surface area contributed by atoms with E-state index in [9.17, 15) is 0 Å². The van der Waals surface area contributed by atoms with E-state index in [0.29, 0.717) is 5.95 Å². The SMILES string of the molecule is CCc1nnc(NCCc2ccccn2)nc1CC. The van der Waals surface area contributed by atoms with Gasteiger partial charge in [0.05, 0.1) is 11.4 Å². The first-order valence-electron chi connectivity index (χ1n) is 6.69. The Labute approximate surface area is 113 Å². The molecule has 0 spiro atoms. The summed E-state index contributed by atoms with van der Waals surface area (Å²) in [4.78, 5) is 8.76. The predicted molar refractivity (Wildman–Crippen MR) is 75.0 cm³/mol. The predicted octanol–water partition coefficient (Wildman–Crippen LogP) is 2.05. The van der Waals surface area contributed by atoms with Gasteiger partial charge in [0.15, 0.2) is 0 Å². The van der Waals surface area contributed by atoms with Crippen LogP contribution >= 0.6 is 0 Å². The minimum atomic E-state index is 0.602. The Bertz CT molecular complexity index is 512. The van der Waals surface area contributed by atoms with Crippen molar-refractivity contribution in [2.45, 2.75) is 33.1 Å². The lowest BCUT2D eigenvalue weighted by atomic mass is 10.2. The van der Waals surface area contributed by atoms with Gasteiger partial charge in [0.25, 0.3) is 0 Å². The van der Waals surface area contributed by atoms with Crippen LogP contribution in [0.4, 0.5) is 5.95 Å². The quantitative estimate of drug-likeness (QED) is 0.858. The summed E-state index contributed by atoms with van der Waals surface area (Å²) in [6.07, 6.45) is 4.41. The van der Waals surface area contributed by atoms with Crippen LogP contribution in [0.1, 0.15) is 30.9 Å². The molecule has 100 valence electrons. The van der Waals surface area contributed by atoms with E-state index < -0.39 is 0 Å². The third-order valence-electron chi connectivity index (χ3n) is 2.90. The molecule has 0 aromatic carbocycles. The molecule has 0 amide bonds. The first kappa shape index (κ1) is 13.4. The molecule has 0 atom stereocenters. The number of hydrogen-bond acceptors (Lipinski definition) is 5. The van der Waals surface area contributed by atoms with Gasteiger partial charge >= 0.3 is 0 Å². The largest absolute Gasteiger partial charge is 0.353 e. The lowest BCUT2D eigenvalue weighted by Crippen LogP contribution is -2.12. The van der Waals surface area contributed by atoms with Crippen LogP contribution < -0.4 is 5.32 Å². The average molecular weight is 257 g/mol. The second kappa shape index (κ2) is 6.78. The van der Waals surface area contributed by atoms with Gasteiger partial charge in [-0.15, -0.1) is 5.10 Å². The fourth-order valence-electron chi connectivity index (χ4n) is 1.86. The van der Waals surface area contributed by atoms with Crippen LogP contribution in [0, 0.1) is 0 Å². The highest BCUT2D eigenvalue weighted by Gasteiger charge is 2.05. The Kier molecular flexibility index (Phi) is 4.78. The van der Waals surface area contributed by atoms with Gasteiger partial charge in [-0.05, 0) is 25.0 Å². The lowest BCUT2D eigenvalue weighted by molar-refractivity contribution is 0.815. The summed E-state index contributed by atoms with van der Waals surface area (Å²) >= 11 is 0. The van der Waals surface area contributed by atoms with Crippen molar-refractivity contribution in [1.82, 2.24) is 20.2 Å². The molecule has 0 aliphatic heterocycles. The maximum atomic E-state index is 4.49. The molecule has 0 radical (unpaired) electrons. The van der Waals surface area contributed by atoms with Crippen molar-refractivity contribution in [3.63, 3.8) is 0 Å². The summed E-state index contributed by atoms with van der Waals surface area (Å²) in [5.41, 5.74) is 3.07. The summed E-state index contributed by atoms with van der Waals surface area (Å²) in [7, 11) is 0. The average Bonchev–Trinajstić information content (AvgIpc) is 2.48. The summed E-state index contributed by atoms with van der Waals surface area (Å²) in [5.74, 6) is 0.602. The number of anilines is 1. The number of nitrogens with zero attached hydrogens (tertiary/aromatic N) is 4. The summed E-state index contributed by atoms with van der Waals surface area (Å²) < 4.78 is 0. The van der Waals surface area contributed by atoms with Crippen LogP contribution in [-0.4, -0.2) is 26.7 Å². The normalized spacial score (nSPS) is 10.4. The molecular formula is C14H19N5. The van der Waals surface area contributed by atoms with Crippen LogP contribution in [0.2, 0.25) is 0 Å². The minimum absolute atomic E-state index is 0.602. The lowest BCUT2D eigenvalue weighted by Gasteiger charge is -2.07. The second-order valence-corrected chi connectivity index (χ2v) is 4.23. The van der Waals surface area contributed by atoms with Crippen molar-refractivity contribution in [3.8, 4) is 0 Å². The summed E-state index contributed by atoms with van der Waals surface area (Å²) in [6.45, 7) is 4.91. The molecule has 2 heterocycles. The van der Waals surface area contributed by atoms with Gasteiger partial charge in [-0.1, -0.05) is 19.9 Å². The number of hydrogen-bond donors (Lipinski definition) is 1. The molecule has 2 rings (SSSR count). The molecule has 0 aliphatic carbocycles. The fourth-order valence-corrected chi connectivity index (χ4v) is 1.86. The van der Waals surface area contributed by atoms with E-state index in [0.717, 1.165) is 42.9 Å². The van der Waals surface area contributed by atoms with Crippen molar-refractivity contribution in [3.05, 3.63) is 41.5 Å². The van der Waals surface area contributed by atoms with E-state index >= 15 is 0 Å². The molecule has 5 heteroatoms. The Hall–Kier alpha value is -2.04. The minimum Gasteiger partial charge on any atom is -0.353 e. The topological polar surface area (TPSA) is 63.6 Å². The molecular weight excluding hydrogens is 238 g/mol. The molecule has 19 heavy (non-hydrogen) atoms. The van der Waals surface area contributed by atoms with E-state index in [2.05, 4.69) is 39.3 Å². The van der Waals surface area contributed by atoms with E-state index in [-0.39, 0.29) is 0 Å². The molecule has 0 saturated carbocycles. The third kappa shape index (κ3) is 3.71. The molecule has 2 aromatic heterocycles. The van der Waals surface area contributed by atoms with Crippen molar-refractivity contribution in [1.29, 1.82) is 0 Å². The standard InChI is InChI=1S/C14H19N5/c1-3-12-13(4-2)18-19-14(17-12)16-10-8-11-7-5-6-9-15-11/h5-7,9H,3-4,8,10H2,1-2H3,(H,16,17,19). The van der Waals surface area contributed by atoms with Crippen LogP contribution in [0.15, 0.2) is 24.4 Å². The van der Waals surface area contributed by atoms with E-state index in [4.69, 9.17) is 0 Å². The van der Waals surface area contributed by atoms with Crippen LogP contribution in [0.5, 0.6) is 0 Å². The van der Waals surface area contributed by atoms with Gasteiger partial charge in [0.1, 0.15) is 0 Å². The van der Waals surface area contributed by atoms with Crippen LogP contribution in [0.3, 0.4) is 0 Å². The van der Waals surface area contributed by atoms with Crippen LogP contribution in [0.25, 0.3) is 0 Å². The highest BCUT2D eigenvalue weighted by Crippen LogP contribution is 2.06. The van der Waals surface area contributed by atoms with E-state index in [1.165, 1.54) is 0 Å². The molecule has 5 nitrogen and oxygen atoms in total. The molecule has 0 bridgehead atoms. The molecule has 0 unspecified atom stereocenters. The molecule has 0 aliphatic rings. The Morgan fingerprint density at radius 2 is 1.89 bits per heavy atom. The number of rotatable bonds is 6. The fraction of sp³-hybridized carbons (Fsp3) is 0.429. The Morgan fingerprint density at radius 3 is 2.58 bits per heavy atom. The smallest absolute Gasteiger partial charge is 0.242 e. The maximum absolute atomic E-state index is 4.49. The van der Waals surface area contributed by atoms with Gasteiger partial charge < -0.3 is 5.32 Å². The summed E-state index contributed by atoms with van der Waals surface area (Å²) in [6, 6.07) is 5.92. The molecule has 0 fully saturated rings. The zero-order valence-corrected chi connectivity index (χ0v) is 11.4. The second-order valence-electron chi connectivity index (χ2n) is 4.23. The van der Waals surface area contributed by atoms with Gasteiger partial charge in [-0.25, -0.2) is 4.98 Å². The molecule has 2 aromatic rings. The zero-order valence-electron chi connectivity index (χ0n) is 11.4. The van der Waals surface area contributed by atoms with Gasteiger partial charge in [0, 0.05) is 24.9 Å². The van der Waals surface area contributed by atoms with Crippen LogP contribution in [-0.2, 0) is 19.3 Å². The van der Waals surface area contributed by atoms with Crippen molar-refractivity contribution in [2.75, 3.05) is 11.9 Å². The highest BCUT2D eigenvalue weighted by atomic mass is 15.2. The maximum Gasteiger partial charge on any atom is 0.242 e. The van der Waals surface area contributed by atoms with E-state index in [1.807, 2.05) is 18.2 Å².